The van der Waals surface area contributed by atoms with Crippen molar-refractivity contribution in [3.63, 3.8) is 0 Å². The molecule has 1 heterocycles. The van der Waals surface area contributed by atoms with E-state index in [1.807, 2.05) is 12.1 Å². The third-order valence-corrected chi connectivity index (χ3v) is 9.11. The van der Waals surface area contributed by atoms with E-state index in [0.717, 1.165) is 37.7 Å². The van der Waals surface area contributed by atoms with E-state index in [4.69, 9.17) is 4.74 Å². The number of esters is 1. The number of phenols is 1. The predicted molar refractivity (Wildman–Crippen MR) is 153 cm³/mol. The average molecular weight is 564 g/mol. The molecule has 4 N–H and O–H groups in total. The highest BCUT2D eigenvalue weighted by Crippen LogP contribution is 2.60. The van der Waals surface area contributed by atoms with Gasteiger partial charge in [0, 0.05) is 18.5 Å². The van der Waals surface area contributed by atoms with Crippen molar-refractivity contribution in [3.8, 4) is 5.75 Å². The van der Waals surface area contributed by atoms with Crippen LogP contribution >= 0.6 is 0 Å². The van der Waals surface area contributed by atoms with Gasteiger partial charge in [0.05, 0.1) is 24.1 Å². The van der Waals surface area contributed by atoms with Crippen LogP contribution in [0.25, 0.3) is 0 Å². The molecule has 2 amide bonds. The topological polar surface area (TPSA) is 143 Å². The van der Waals surface area contributed by atoms with Crippen molar-refractivity contribution in [1.82, 2.24) is 20.6 Å². The van der Waals surface area contributed by atoms with Crippen LogP contribution < -0.4 is 16.0 Å². The molecular formula is C31H41N5O5. The fraction of sp³-hybridized carbons (Fsp3) is 0.581. The summed E-state index contributed by atoms with van der Waals surface area (Å²) in [4.78, 5) is 48.2. The SMILES string of the molecule is COC(=O)C(CNC(=O)C12CC3CC(CC(C3)C1)C2)NC(=O)c1c(C)nc(NCCCc2cccc(O)c2)nc1C. The second-order valence-electron chi connectivity index (χ2n) is 12.3. The molecule has 0 saturated heterocycles. The largest absolute Gasteiger partial charge is 0.508 e. The molecule has 10 heteroatoms. The maximum Gasteiger partial charge on any atom is 0.330 e. The lowest BCUT2D eigenvalue weighted by atomic mass is 9.49. The Morgan fingerprint density at radius 2 is 1.68 bits per heavy atom. The van der Waals surface area contributed by atoms with Gasteiger partial charge in [-0.3, -0.25) is 9.59 Å². The van der Waals surface area contributed by atoms with Crippen molar-refractivity contribution in [2.45, 2.75) is 71.3 Å². The zero-order chi connectivity index (χ0) is 29.1. The Morgan fingerprint density at radius 3 is 2.27 bits per heavy atom. The van der Waals surface area contributed by atoms with Gasteiger partial charge in [-0.25, -0.2) is 14.8 Å². The monoisotopic (exact) mass is 563 g/mol. The zero-order valence-electron chi connectivity index (χ0n) is 24.2. The van der Waals surface area contributed by atoms with Crippen LogP contribution in [0.15, 0.2) is 24.3 Å². The second kappa shape index (κ2) is 12.0. The van der Waals surface area contributed by atoms with E-state index in [9.17, 15) is 19.5 Å². The first-order chi connectivity index (χ1) is 19.7. The number of ether oxygens (including phenoxy) is 1. The van der Waals surface area contributed by atoms with Crippen molar-refractivity contribution >= 4 is 23.7 Å². The van der Waals surface area contributed by atoms with E-state index in [-0.39, 0.29) is 29.2 Å². The van der Waals surface area contributed by atoms with Crippen LogP contribution in [0.1, 0.15) is 72.3 Å². The minimum atomic E-state index is -1.03. The summed E-state index contributed by atoms with van der Waals surface area (Å²) >= 11 is 0. The van der Waals surface area contributed by atoms with Gasteiger partial charge >= 0.3 is 5.97 Å². The Kier molecular flexibility index (Phi) is 8.47. The minimum Gasteiger partial charge on any atom is -0.508 e. The molecule has 0 radical (unpaired) electrons. The van der Waals surface area contributed by atoms with Crippen molar-refractivity contribution < 1.29 is 24.2 Å². The first-order valence-electron chi connectivity index (χ1n) is 14.7. The first kappa shape index (κ1) is 28.8. The molecule has 1 aromatic carbocycles. The number of phenolic OH excluding ortho intramolecular Hbond substituents is 1. The minimum absolute atomic E-state index is 0.00469. The first-order valence-corrected chi connectivity index (χ1v) is 14.7. The summed E-state index contributed by atoms with van der Waals surface area (Å²) in [6.45, 7) is 4.04. The Morgan fingerprint density at radius 1 is 1.05 bits per heavy atom. The van der Waals surface area contributed by atoms with Gasteiger partial charge in [0.2, 0.25) is 11.9 Å². The Bertz CT molecular complexity index is 1250. The summed E-state index contributed by atoms with van der Waals surface area (Å²) in [5, 5.41) is 18.5. The van der Waals surface area contributed by atoms with E-state index in [1.165, 1.54) is 26.4 Å². The molecule has 4 bridgehead atoms. The Balaban J connectivity index is 1.17. The molecule has 2 aromatic rings. The van der Waals surface area contributed by atoms with Crippen LogP contribution in [-0.2, 0) is 20.7 Å². The lowest BCUT2D eigenvalue weighted by molar-refractivity contribution is -0.147. The van der Waals surface area contributed by atoms with Gasteiger partial charge in [0.1, 0.15) is 11.8 Å². The predicted octanol–water partition coefficient (Wildman–Crippen LogP) is 3.45. The number of aryl methyl sites for hydroxylation is 3. The molecular weight excluding hydrogens is 522 g/mol. The molecule has 1 aromatic heterocycles. The number of benzene rings is 1. The highest BCUT2D eigenvalue weighted by molar-refractivity contribution is 5.98. The number of nitrogens with zero attached hydrogens (tertiary/aromatic N) is 2. The summed E-state index contributed by atoms with van der Waals surface area (Å²) in [6, 6.07) is 6.15. The molecule has 4 saturated carbocycles. The van der Waals surface area contributed by atoms with Gasteiger partial charge in [-0.2, -0.15) is 0 Å². The van der Waals surface area contributed by atoms with E-state index >= 15 is 0 Å². The Labute approximate surface area is 241 Å². The number of methoxy groups -OCH3 is 1. The number of carbonyl (C=O) groups is 3. The molecule has 1 unspecified atom stereocenters. The smallest absolute Gasteiger partial charge is 0.330 e. The van der Waals surface area contributed by atoms with Crippen molar-refractivity contribution in [2.24, 2.45) is 23.2 Å². The second-order valence-corrected chi connectivity index (χ2v) is 12.3. The highest BCUT2D eigenvalue weighted by atomic mass is 16.5. The number of nitrogens with one attached hydrogen (secondary N) is 3. The summed E-state index contributed by atoms with van der Waals surface area (Å²) in [5.74, 6) is 1.44. The number of hydrogen-bond acceptors (Lipinski definition) is 8. The van der Waals surface area contributed by atoms with Crippen LogP contribution in [0.4, 0.5) is 5.95 Å². The lowest BCUT2D eigenvalue weighted by Crippen LogP contribution is -2.56. The van der Waals surface area contributed by atoms with E-state index in [1.54, 1.807) is 26.0 Å². The zero-order valence-corrected chi connectivity index (χ0v) is 24.2. The van der Waals surface area contributed by atoms with Crippen LogP contribution in [-0.4, -0.2) is 59.1 Å². The number of rotatable bonds is 11. The van der Waals surface area contributed by atoms with Crippen molar-refractivity contribution in [1.29, 1.82) is 0 Å². The van der Waals surface area contributed by atoms with Gasteiger partial charge in [-0.05, 0) is 101 Å². The fourth-order valence-electron chi connectivity index (χ4n) is 7.67. The molecule has 6 rings (SSSR count). The third kappa shape index (κ3) is 6.47. The van der Waals surface area contributed by atoms with Gasteiger partial charge in [0.15, 0.2) is 0 Å². The average Bonchev–Trinajstić information content (AvgIpc) is 2.91. The summed E-state index contributed by atoms with van der Waals surface area (Å²) in [5.41, 5.74) is 1.95. The Hall–Kier alpha value is -3.69. The van der Waals surface area contributed by atoms with Gasteiger partial charge in [-0.15, -0.1) is 0 Å². The number of anilines is 1. The molecule has 10 nitrogen and oxygen atoms in total. The third-order valence-electron chi connectivity index (χ3n) is 9.11. The van der Waals surface area contributed by atoms with Gasteiger partial charge in [-0.1, -0.05) is 12.1 Å². The molecule has 220 valence electrons. The maximum atomic E-state index is 13.4. The molecule has 4 aliphatic carbocycles. The maximum absolute atomic E-state index is 13.4. The highest BCUT2D eigenvalue weighted by Gasteiger charge is 2.54. The van der Waals surface area contributed by atoms with E-state index in [2.05, 4.69) is 25.9 Å². The van der Waals surface area contributed by atoms with Crippen LogP contribution in [0.3, 0.4) is 0 Å². The van der Waals surface area contributed by atoms with Gasteiger partial charge < -0.3 is 25.8 Å². The standard InChI is InChI=1S/C31H41N5O5/c1-18-26(19(2)35-30(34-18)32-9-5-7-20-6-4-8-24(37)13-20)27(38)36-25(28(39)41-3)17-33-29(40)31-14-21-10-22(15-31)12-23(11-21)16-31/h4,6,8,13,21-23,25,37H,5,7,9-12,14-17H2,1-3H3,(H,33,40)(H,36,38)(H,32,34,35). The lowest BCUT2D eigenvalue weighted by Gasteiger charge is -2.55. The summed E-state index contributed by atoms with van der Waals surface area (Å²) < 4.78 is 4.94. The van der Waals surface area contributed by atoms with Gasteiger partial charge in [0.25, 0.3) is 5.91 Å². The quantitative estimate of drug-likeness (QED) is 0.241. The molecule has 41 heavy (non-hydrogen) atoms. The van der Waals surface area contributed by atoms with Crippen molar-refractivity contribution in [3.05, 3.63) is 46.8 Å². The summed E-state index contributed by atoms with van der Waals surface area (Å²) in [6.07, 6.45) is 8.08. The molecule has 4 fully saturated rings. The fourth-order valence-corrected chi connectivity index (χ4v) is 7.67. The summed E-state index contributed by atoms with van der Waals surface area (Å²) in [7, 11) is 1.27. The van der Waals surface area contributed by atoms with Crippen LogP contribution in [0, 0.1) is 37.0 Å². The number of hydrogen-bond donors (Lipinski definition) is 4. The number of amides is 2. The van der Waals surface area contributed by atoms with Crippen LogP contribution in [0.2, 0.25) is 0 Å². The normalized spacial score (nSPS) is 24.9. The van der Waals surface area contributed by atoms with E-state index in [0.29, 0.717) is 41.6 Å². The van der Waals surface area contributed by atoms with Crippen molar-refractivity contribution in [2.75, 3.05) is 25.5 Å². The molecule has 4 aliphatic rings. The molecule has 0 spiro atoms. The van der Waals surface area contributed by atoms with E-state index < -0.39 is 17.9 Å². The number of aromatic hydroxyl groups is 1. The molecule has 0 aliphatic heterocycles. The number of carbonyl (C=O) groups excluding carboxylic acids is 3. The van der Waals surface area contributed by atoms with Crippen LogP contribution in [0.5, 0.6) is 5.75 Å². The number of aromatic nitrogens is 2. The molecule has 1 atom stereocenters.